The highest BCUT2D eigenvalue weighted by molar-refractivity contribution is 6.31. The second-order valence-corrected chi connectivity index (χ2v) is 9.52. The number of fused-ring (bicyclic) bond motifs is 4. The Balaban J connectivity index is 1.63. The predicted molar refractivity (Wildman–Crippen MR) is 120 cm³/mol. The van der Waals surface area contributed by atoms with Gasteiger partial charge >= 0.3 is 0 Å². The predicted octanol–water partition coefficient (Wildman–Crippen LogP) is 0.727. The van der Waals surface area contributed by atoms with Crippen LogP contribution in [0.15, 0.2) is 36.4 Å². The highest BCUT2D eigenvalue weighted by Gasteiger charge is 2.74. The van der Waals surface area contributed by atoms with Crippen LogP contribution in [0.2, 0.25) is 5.02 Å². The largest absolute Gasteiger partial charge is 0.369 e. The number of quaternary nitrogens is 1. The maximum Gasteiger partial charge on any atom is 0.291 e. The number of anilines is 1. The van der Waals surface area contributed by atoms with Crippen molar-refractivity contribution in [2.24, 2.45) is 17.6 Å². The molecule has 0 saturated carbocycles. The van der Waals surface area contributed by atoms with Gasteiger partial charge in [0.15, 0.2) is 0 Å². The number of likely N-dealkylation sites (tertiary alicyclic amines) is 1. The third kappa shape index (κ3) is 2.94. The average molecular weight is 468 g/mol. The summed E-state index contributed by atoms with van der Waals surface area (Å²) < 4.78 is 0. The average Bonchev–Trinajstić information content (AvgIpc) is 3.33. The van der Waals surface area contributed by atoms with E-state index in [2.05, 4.69) is 5.32 Å². The second kappa shape index (κ2) is 7.40. The van der Waals surface area contributed by atoms with Crippen LogP contribution >= 0.6 is 11.6 Å². The third-order valence-corrected chi connectivity index (χ3v) is 7.76. The standard InChI is InChI=1S/C24H23ClN4O4/c1-11-7-8-14-20(12(11)2)27-23(33)24(14)19-18(16(28-24)9-17(26)30)21(31)29(22(19)32)10-13-5-3-4-6-15(13)25/h3-8,16,18-19,28H,9-10H2,1-2H3,(H2,26,30)(H,27,33)/p+1/t16-,18+,19-,24+/m0/s1. The number of aryl methyl sites for hydroxylation is 1. The van der Waals surface area contributed by atoms with Crippen molar-refractivity contribution in [2.45, 2.75) is 38.4 Å². The molecule has 2 saturated heterocycles. The van der Waals surface area contributed by atoms with Crippen molar-refractivity contribution in [1.82, 2.24) is 4.90 Å². The Labute approximate surface area is 195 Å². The molecule has 9 heteroatoms. The summed E-state index contributed by atoms with van der Waals surface area (Å²) in [6.45, 7) is 3.86. The Hall–Kier alpha value is -3.23. The molecule has 33 heavy (non-hydrogen) atoms. The van der Waals surface area contributed by atoms with E-state index in [4.69, 9.17) is 17.3 Å². The van der Waals surface area contributed by atoms with Crippen LogP contribution in [0.3, 0.4) is 0 Å². The number of nitrogens with one attached hydrogen (secondary N) is 1. The molecule has 3 aliphatic heterocycles. The van der Waals surface area contributed by atoms with E-state index in [1.807, 2.05) is 26.0 Å². The lowest BCUT2D eigenvalue weighted by atomic mass is 9.76. The van der Waals surface area contributed by atoms with Gasteiger partial charge in [-0.1, -0.05) is 35.9 Å². The van der Waals surface area contributed by atoms with E-state index in [9.17, 15) is 19.2 Å². The summed E-state index contributed by atoms with van der Waals surface area (Å²) in [4.78, 5) is 53.8. The van der Waals surface area contributed by atoms with Gasteiger partial charge in [-0.25, -0.2) is 0 Å². The van der Waals surface area contributed by atoms with Gasteiger partial charge in [0.25, 0.3) is 5.91 Å². The quantitative estimate of drug-likeness (QED) is 0.573. The lowest BCUT2D eigenvalue weighted by Crippen LogP contribution is -2.99. The van der Waals surface area contributed by atoms with Crippen molar-refractivity contribution in [3.05, 3.63) is 63.7 Å². The number of amides is 4. The molecule has 0 bridgehead atoms. The molecule has 2 aromatic rings. The number of hydrogen-bond donors (Lipinski definition) is 3. The topological polar surface area (TPSA) is 126 Å². The molecule has 2 fully saturated rings. The molecule has 0 aliphatic carbocycles. The number of carbonyl (C=O) groups is 4. The third-order valence-electron chi connectivity index (χ3n) is 7.39. The Bertz CT molecular complexity index is 1240. The normalized spacial score (nSPS) is 27.8. The lowest BCUT2D eigenvalue weighted by Gasteiger charge is -2.26. The summed E-state index contributed by atoms with van der Waals surface area (Å²) in [6, 6.07) is 10.1. The van der Waals surface area contributed by atoms with Crippen LogP contribution in [-0.2, 0) is 31.3 Å². The Morgan fingerprint density at radius 1 is 1.15 bits per heavy atom. The maximum atomic E-state index is 13.8. The van der Waals surface area contributed by atoms with Gasteiger partial charge in [-0.2, -0.15) is 0 Å². The molecule has 0 unspecified atom stereocenters. The lowest BCUT2D eigenvalue weighted by molar-refractivity contribution is -0.732. The van der Waals surface area contributed by atoms with Crippen molar-refractivity contribution in [3.8, 4) is 0 Å². The van der Waals surface area contributed by atoms with Crippen molar-refractivity contribution >= 4 is 40.9 Å². The SMILES string of the molecule is Cc1ccc2c(c1C)NC(=O)[C@@]21[NH2+][C@@H](CC(N)=O)[C@H]2C(=O)N(Cc3ccccc3Cl)C(=O)[C@H]21. The molecule has 0 radical (unpaired) electrons. The van der Waals surface area contributed by atoms with E-state index in [1.54, 1.807) is 29.6 Å². The fourth-order valence-electron chi connectivity index (χ4n) is 5.71. The molecule has 5 rings (SSSR count). The Kier molecular flexibility index (Phi) is 4.84. The van der Waals surface area contributed by atoms with Gasteiger partial charge in [-0.3, -0.25) is 24.1 Å². The minimum Gasteiger partial charge on any atom is -0.369 e. The number of primary amides is 1. The van der Waals surface area contributed by atoms with Gasteiger partial charge in [-0.05, 0) is 42.7 Å². The monoisotopic (exact) mass is 467 g/mol. The number of nitrogens with zero attached hydrogens (tertiary/aromatic N) is 1. The fourth-order valence-corrected chi connectivity index (χ4v) is 5.91. The highest BCUT2D eigenvalue weighted by Crippen LogP contribution is 2.50. The first-order chi connectivity index (χ1) is 15.7. The number of carbonyl (C=O) groups excluding carboxylic acids is 4. The van der Waals surface area contributed by atoms with Crippen molar-refractivity contribution in [3.63, 3.8) is 0 Å². The molecule has 2 aromatic carbocycles. The molecular formula is C24H24ClN4O4+. The summed E-state index contributed by atoms with van der Waals surface area (Å²) >= 11 is 6.28. The number of hydrogen-bond acceptors (Lipinski definition) is 4. The van der Waals surface area contributed by atoms with Gasteiger partial charge in [0.05, 0.1) is 18.7 Å². The molecule has 1 spiro atoms. The number of nitrogens with two attached hydrogens (primary N) is 2. The highest BCUT2D eigenvalue weighted by atomic mass is 35.5. The van der Waals surface area contributed by atoms with Gasteiger partial charge in [0.1, 0.15) is 17.9 Å². The van der Waals surface area contributed by atoms with Gasteiger partial charge in [-0.15, -0.1) is 0 Å². The first kappa shape index (κ1) is 21.6. The van der Waals surface area contributed by atoms with E-state index < -0.39 is 41.1 Å². The van der Waals surface area contributed by atoms with Gasteiger partial charge < -0.3 is 16.4 Å². The van der Waals surface area contributed by atoms with E-state index in [0.29, 0.717) is 21.8 Å². The molecule has 3 aliphatic rings. The summed E-state index contributed by atoms with van der Waals surface area (Å²) in [5, 5.41) is 5.10. The molecule has 8 nitrogen and oxygen atoms in total. The van der Waals surface area contributed by atoms with Crippen molar-refractivity contribution < 1.29 is 24.5 Å². The first-order valence-corrected chi connectivity index (χ1v) is 11.2. The number of benzene rings is 2. The maximum absolute atomic E-state index is 13.8. The van der Waals surface area contributed by atoms with Gasteiger partial charge in [0, 0.05) is 10.6 Å². The van der Waals surface area contributed by atoms with Crippen LogP contribution < -0.4 is 16.4 Å². The van der Waals surface area contributed by atoms with Crippen LogP contribution in [-0.4, -0.2) is 34.6 Å². The van der Waals surface area contributed by atoms with Crippen LogP contribution in [0.5, 0.6) is 0 Å². The molecular weight excluding hydrogens is 444 g/mol. The number of imide groups is 1. The van der Waals surface area contributed by atoms with Crippen LogP contribution in [0, 0.1) is 25.7 Å². The smallest absolute Gasteiger partial charge is 0.291 e. The minimum absolute atomic E-state index is 0.00507. The van der Waals surface area contributed by atoms with E-state index in [1.165, 1.54) is 4.90 Å². The molecule has 170 valence electrons. The Morgan fingerprint density at radius 2 is 1.88 bits per heavy atom. The zero-order valence-electron chi connectivity index (χ0n) is 18.2. The molecule has 0 aromatic heterocycles. The van der Waals surface area contributed by atoms with Gasteiger partial charge in [0.2, 0.25) is 23.3 Å². The first-order valence-electron chi connectivity index (χ1n) is 10.8. The van der Waals surface area contributed by atoms with Crippen LogP contribution in [0.4, 0.5) is 5.69 Å². The summed E-state index contributed by atoms with van der Waals surface area (Å²) in [7, 11) is 0. The molecule has 4 amide bonds. The summed E-state index contributed by atoms with van der Waals surface area (Å²) in [5.74, 6) is -3.57. The van der Waals surface area contributed by atoms with E-state index in [0.717, 1.165) is 11.1 Å². The zero-order valence-corrected chi connectivity index (χ0v) is 19.0. The summed E-state index contributed by atoms with van der Waals surface area (Å²) in [5.41, 5.74) is 8.03. The zero-order chi connectivity index (χ0) is 23.7. The fraction of sp³-hybridized carbons (Fsp3) is 0.333. The molecule has 4 atom stereocenters. The minimum atomic E-state index is -1.33. The molecule has 5 N–H and O–H groups in total. The van der Waals surface area contributed by atoms with Crippen molar-refractivity contribution in [2.75, 3.05) is 5.32 Å². The number of rotatable bonds is 4. The van der Waals surface area contributed by atoms with Crippen LogP contribution in [0.1, 0.15) is 28.7 Å². The van der Waals surface area contributed by atoms with E-state index in [-0.39, 0.29) is 18.9 Å². The van der Waals surface area contributed by atoms with Crippen LogP contribution in [0.25, 0.3) is 0 Å². The van der Waals surface area contributed by atoms with E-state index >= 15 is 0 Å². The second-order valence-electron chi connectivity index (χ2n) is 9.11. The Morgan fingerprint density at radius 3 is 2.58 bits per heavy atom. The van der Waals surface area contributed by atoms with Crippen molar-refractivity contribution in [1.29, 1.82) is 0 Å². The number of halogens is 1. The molecule has 3 heterocycles. The summed E-state index contributed by atoms with van der Waals surface area (Å²) in [6.07, 6.45) is -0.116.